The number of aryl methyl sites for hydroxylation is 1. The molecule has 0 bridgehead atoms. The van der Waals surface area contributed by atoms with Crippen LogP contribution in [0.25, 0.3) is 11.3 Å². The van der Waals surface area contributed by atoms with Gasteiger partial charge < -0.3 is 9.84 Å². The normalized spacial score (nSPS) is 12.2. The number of benzene rings is 2. The van der Waals surface area contributed by atoms with Gasteiger partial charge in [-0.05, 0) is 45.1 Å². The number of carbonyl (C=O) groups is 1. The van der Waals surface area contributed by atoms with Crippen molar-refractivity contribution in [2.75, 3.05) is 18.9 Å². The van der Waals surface area contributed by atoms with Crippen molar-refractivity contribution in [3.63, 3.8) is 0 Å². The molecule has 0 fully saturated rings. The predicted molar refractivity (Wildman–Crippen MR) is 115 cm³/mol. The first kappa shape index (κ1) is 21.2. The third kappa shape index (κ3) is 5.74. The number of nitrogens with zero attached hydrogens (tertiary/aromatic N) is 2. The largest absolute Gasteiger partial charge is 0.361 e. The molecule has 2 aromatic carbocycles. The van der Waals surface area contributed by atoms with E-state index in [1.165, 1.54) is 12.1 Å². The number of hydrogen-bond acceptors (Lipinski definition) is 4. The minimum Gasteiger partial charge on any atom is -0.361 e. The molecule has 0 radical (unpaired) electrons. The van der Waals surface area contributed by atoms with Gasteiger partial charge >= 0.3 is 0 Å². The van der Waals surface area contributed by atoms with E-state index < -0.39 is 11.9 Å². The number of rotatable bonds is 8. The average Bonchev–Trinajstić information content (AvgIpc) is 3.19. The van der Waals surface area contributed by atoms with Gasteiger partial charge in [-0.3, -0.25) is 9.69 Å². The minimum atomic E-state index is -0.470. The van der Waals surface area contributed by atoms with Gasteiger partial charge in [0.25, 0.3) is 0 Å². The molecule has 1 aromatic heterocycles. The van der Waals surface area contributed by atoms with Crippen LogP contribution in [0.3, 0.4) is 0 Å². The second kappa shape index (κ2) is 9.80. The Balaban J connectivity index is 1.48. The van der Waals surface area contributed by atoms with Crippen LogP contribution in [0.15, 0.2) is 63.6 Å². The average molecular weight is 460 g/mol. The SMILES string of the molecule is CC(C(=O)Nc1ccc(Br)cc1F)N(C)CCCc1cc(-c2ccccc2)no1. The lowest BCUT2D eigenvalue weighted by molar-refractivity contribution is -0.120. The van der Waals surface area contributed by atoms with E-state index in [1.807, 2.05) is 48.3 Å². The Morgan fingerprint density at radius 3 is 2.72 bits per heavy atom. The molecule has 29 heavy (non-hydrogen) atoms. The van der Waals surface area contributed by atoms with E-state index in [4.69, 9.17) is 4.52 Å². The highest BCUT2D eigenvalue weighted by atomic mass is 79.9. The smallest absolute Gasteiger partial charge is 0.241 e. The molecule has 1 unspecified atom stereocenters. The fourth-order valence-corrected chi connectivity index (χ4v) is 3.23. The van der Waals surface area contributed by atoms with Crippen LogP contribution in [0.4, 0.5) is 10.1 Å². The molecule has 1 N–H and O–H groups in total. The van der Waals surface area contributed by atoms with Gasteiger partial charge in [0.1, 0.15) is 17.3 Å². The number of anilines is 1. The molecule has 0 aliphatic carbocycles. The standard InChI is InChI=1S/C22H23BrFN3O2/c1-15(22(28)25-20-11-10-17(23)13-19(20)24)27(2)12-6-9-18-14-21(26-29-18)16-7-4-3-5-8-16/h3-5,7-8,10-11,13-15H,6,9,12H2,1-2H3,(H,25,28). The number of halogens is 2. The molecule has 0 aliphatic rings. The van der Waals surface area contributed by atoms with Gasteiger partial charge in [-0.1, -0.05) is 51.4 Å². The van der Waals surface area contributed by atoms with Gasteiger partial charge in [-0.2, -0.15) is 0 Å². The molecule has 5 nitrogen and oxygen atoms in total. The molecule has 0 saturated carbocycles. The Bertz CT molecular complexity index is 962. The third-order valence-corrected chi connectivity index (χ3v) is 5.29. The maximum absolute atomic E-state index is 13.9. The Labute approximate surface area is 178 Å². The Hall–Kier alpha value is -2.51. The second-order valence-corrected chi connectivity index (χ2v) is 7.83. The summed E-state index contributed by atoms with van der Waals surface area (Å²) in [7, 11) is 1.87. The molecular weight excluding hydrogens is 437 g/mol. The predicted octanol–water partition coefficient (Wildman–Crippen LogP) is 5.13. The van der Waals surface area contributed by atoms with Crippen LogP contribution in [0.1, 0.15) is 19.1 Å². The summed E-state index contributed by atoms with van der Waals surface area (Å²) >= 11 is 3.20. The van der Waals surface area contributed by atoms with Gasteiger partial charge in [0.15, 0.2) is 0 Å². The topological polar surface area (TPSA) is 58.4 Å². The van der Waals surface area contributed by atoms with Crippen molar-refractivity contribution in [1.29, 1.82) is 0 Å². The van der Waals surface area contributed by atoms with Crippen LogP contribution in [-0.4, -0.2) is 35.6 Å². The maximum atomic E-state index is 13.9. The lowest BCUT2D eigenvalue weighted by atomic mass is 10.1. The van der Waals surface area contributed by atoms with Crippen molar-refractivity contribution in [2.45, 2.75) is 25.8 Å². The van der Waals surface area contributed by atoms with Crippen LogP contribution in [-0.2, 0) is 11.2 Å². The van der Waals surface area contributed by atoms with Gasteiger partial charge in [0, 0.05) is 22.5 Å². The quantitative estimate of drug-likeness (QED) is 0.506. The molecule has 3 aromatic rings. The lowest BCUT2D eigenvalue weighted by Crippen LogP contribution is -2.40. The van der Waals surface area contributed by atoms with Crippen molar-refractivity contribution in [2.24, 2.45) is 0 Å². The monoisotopic (exact) mass is 459 g/mol. The van der Waals surface area contributed by atoms with E-state index in [0.717, 1.165) is 29.9 Å². The number of nitrogens with one attached hydrogen (secondary N) is 1. The van der Waals surface area contributed by atoms with Gasteiger partial charge in [0.2, 0.25) is 5.91 Å². The highest BCUT2D eigenvalue weighted by Gasteiger charge is 2.19. The first-order valence-electron chi connectivity index (χ1n) is 9.41. The van der Waals surface area contributed by atoms with Crippen LogP contribution in [0.2, 0.25) is 0 Å². The highest BCUT2D eigenvalue weighted by molar-refractivity contribution is 9.10. The fraction of sp³-hybridized carbons (Fsp3) is 0.273. The summed E-state index contributed by atoms with van der Waals surface area (Å²) in [5.41, 5.74) is 2.01. The number of aromatic nitrogens is 1. The first-order valence-corrected chi connectivity index (χ1v) is 10.2. The summed E-state index contributed by atoms with van der Waals surface area (Å²) in [6.45, 7) is 2.49. The number of hydrogen-bond donors (Lipinski definition) is 1. The Kier molecular flexibility index (Phi) is 7.17. The van der Waals surface area contributed by atoms with Crippen LogP contribution < -0.4 is 5.32 Å². The molecule has 0 spiro atoms. The van der Waals surface area contributed by atoms with Crippen LogP contribution >= 0.6 is 15.9 Å². The summed E-state index contributed by atoms with van der Waals surface area (Å²) in [6.07, 6.45) is 1.53. The lowest BCUT2D eigenvalue weighted by Gasteiger charge is -2.23. The minimum absolute atomic E-state index is 0.175. The summed E-state index contributed by atoms with van der Waals surface area (Å²) in [5, 5.41) is 6.76. The van der Waals surface area contributed by atoms with E-state index in [9.17, 15) is 9.18 Å². The van der Waals surface area contributed by atoms with E-state index in [1.54, 1.807) is 13.0 Å². The highest BCUT2D eigenvalue weighted by Crippen LogP contribution is 2.21. The van der Waals surface area contributed by atoms with E-state index in [0.29, 0.717) is 11.0 Å². The molecule has 1 atom stereocenters. The zero-order valence-corrected chi connectivity index (χ0v) is 17.9. The zero-order valence-electron chi connectivity index (χ0n) is 16.4. The van der Waals surface area contributed by atoms with E-state index in [-0.39, 0.29) is 11.6 Å². The maximum Gasteiger partial charge on any atom is 0.241 e. The number of likely N-dealkylation sites (N-methyl/N-ethyl adjacent to an activating group) is 1. The summed E-state index contributed by atoms with van der Waals surface area (Å²) in [5.74, 6) is 0.0909. The van der Waals surface area contributed by atoms with Crippen molar-refractivity contribution in [1.82, 2.24) is 10.1 Å². The van der Waals surface area contributed by atoms with Crippen molar-refractivity contribution in [3.05, 3.63) is 70.6 Å². The Morgan fingerprint density at radius 1 is 1.24 bits per heavy atom. The Morgan fingerprint density at radius 2 is 2.00 bits per heavy atom. The summed E-state index contributed by atoms with van der Waals surface area (Å²) in [6, 6.07) is 16.0. The zero-order chi connectivity index (χ0) is 20.8. The molecule has 1 heterocycles. The summed E-state index contributed by atoms with van der Waals surface area (Å²) < 4.78 is 20.0. The van der Waals surface area contributed by atoms with Gasteiger partial charge in [-0.25, -0.2) is 4.39 Å². The van der Waals surface area contributed by atoms with Gasteiger partial charge in [-0.15, -0.1) is 0 Å². The third-order valence-electron chi connectivity index (χ3n) is 4.79. The molecule has 1 amide bonds. The second-order valence-electron chi connectivity index (χ2n) is 6.92. The molecule has 152 valence electrons. The van der Waals surface area contributed by atoms with E-state index >= 15 is 0 Å². The molecule has 3 rings (SSSR count). The molecule has 7 heteroatoms. The molecule has 0 aliphatic heterocycles. The van der Waals surface area contributed by atoms with Gasteiger partial charge in [0.05, 0.1) is 11.7 Å². The van der Waals surface area contributed by atoms with Crippen molar-refractivity contribution in [3.8, 4) is 11.3 Å². The summed E-state index contributed by atoms with van der Waals surface area (Å²) in [4.78, 5) is 14.4. The van der Waals surface area contributed by atoms with Crippen LogP contribution in [0.5, 0.6) is 0 Å². The fourth-order valence-electron chi connectivity index (χ4n) is 2.90. The molecule has 0 saturated heterocycles. The first-order chi connectivity index (χ1) is 13.9. The van der Waals surface area contributed by atoms with Crippen LogP contribution in [0, 0.1) is 5.82 Å². The number of amides is 1. The van der Waals surface area contributed by atoms with Crippen molar-refractivity contribution >= 4 is 27.5 Å². The van der Waals surface area contributed by atoms with Crippen molar-refractivity contribution < 1.29 is 13.7 Å². The van der Waals surface area contributed by atoms with E-state index in [2.05, 4.69) is 26.4 Å². The molecular formula is C22H23BrFN3O2. The number of carbonyl (C=O) groups excluding carboxylic acids is 1.